The van der Waals surface area contributed by atoms with Crippen molar-refractivity contribution in [2.24, 2.45) is 5.41 Å². The predicted octanol–water partition coefficient (Wildman–Crippen LogP) is 4.28. The molecule has 92 valence electrons. The van der Waals surface area contributed by atoms with E-state index in [1.807, 2.05) is 6.20 Å². The Morgan fingerprint density at radius 2 is 1.75 bits per heavy atom. The van der Waals surface area contributed by atoms with Crippen LogP contribution in [0, 0.1) is 10.2 Å². The highest BCUT2D eigenvalue weighted by Gasteiger charge is 2.20. The first-order valence-corrected chi connectivity index (χ1v) is 6.31. The number of H-pyrrole nitrogens is 1. The first-order valence-electron chi connectivity index (χ1n) is 5.90. The van der Waals surface area contributed by atoms with Crippen molar-refractivity contribution in [1.82, 2.24) is 9.55 Å². The molecule has 1 rings (SSSR count). The molecule has 0 spiro atoms. The lowest BCUT2D eigenvalue weighted by Gasteiger charge is -2.23. The third-order valence-corrected chi connectivity index (χ3v) is 3.06. The van der Waals surface area contributed by atoms with Crippen molar-refractivity contribution in [3.8, 4) is 0 Å². The molecule has 0 fully saturated rings. The Hall–Kier alpha value is -0.570. The molecule has 1 aromatic rings. The van der Waals surface area contributed by atoms with Crippen LogP contribution in [0.5, 0.6) is 0 Å². The van der Waals surface area contributed by atoms with Gasteiger partial charge in [0.2, 0.25) is 0 Å². The molecule has 0 saturated heterocycles. The molecule has 0 radical (unpaired) electrons. The monoisotopic (exact) mass is 240 g/mol. The molecule has 0 aliphatic heterocycles. The molecular formula is C13H24N2S. The Kier molecular flexibility index (Phi) is 3.68. The zero-order chi connectivity index (χ0) is 12.6. The molecule has 0 amide bonds. The summed E-state index contributed by atoms with van der Waals surface area (Å²) < 4.78 is 3.08. The number of rotatable bonds is 2. The van der Waals surface area contributed by atoms with Crippen LogP contribution in [0.25, 0.3) is 0 Å². The summed E-state index contributed by atoms with van der Waals surface area (Å²) in [4.78, 5) is 3.16. The van der Waals surface area contributed by atoms with Gasteiger partial charge < -0.3 is 9.55 Å². The molecule has 1 aromatic heterocycles. The van der Waals surface area contributed by atoms with E-state index in [0.29, 0.717) is 5.41 Å². The summed E-state index contributed by atoms with van der Waals surface area (Å²) in [5, 5.41) is 0. The van der Waals surface area contributed by atoms with Crippen molar-refractivity contribution in [1.29, 1.82) is 0 Å². The van der Waals surface area contributed by atoms with Gasteiger partial charge in [-0.1, -0.05) is 41.5 Å². The van der Waals surface area contributed by atoms with E-state index in [0.717, 1.165) is 17.7 Å². The molecule has 0 aliphatic carbocycles. The quantitative estimate of drug-likeness (QED) is 0.765. The SMILES string of the molecule is CC(C)(C)CCn1c(C(C)(C)C)c[nH]c1=S. The lowest BCUT2D eigenvalue weighted by atomic mass is 9.90. The summed E-state index contributed by atoms with van der Waals surface area (Å²) in [6, 6.07) is 0. The number of imidazole rings is 1. The van der Waals surface area contributed by atoms with E-state index in [9.17, 15) is 0 Å². The van der Waals surface area contributed by atoms with Crippen LogP contribution in [0.3, 0.4) is 0 Å². The van der Waals surface area contributed by atoms with Gasteiger partial charge in [-0.2, -0.15) is 0 Å². The molecule has 3 heteroatoms. The fourth-order valence-corrected chi connectivity index (χ4v) is 1.93. The van der Waals surface area contributed by atoms with Gasteiger partial charge in [-0.25, -0.2) is 0 Å². The second-order valence-corrected chi connectivity index (χ2v) is 7.08. The average molecular weight is 240 g/mol. The van der Waals surface area contributed by atoms with Gasteiger partial charge in [0.1, 0.15) is 0 Å². The third kappa shape index (κ3) is 3.48. The van der Waals surface area contributed by atoms with Crippen molar-refractivity contribution in [2.75, 3.05) is 0 Å². The number of nitrogens with zero attached hydrogens (tertiary/aromatic N) is 1. The number of aromatic amines is 1. The first kappa shape index (κ1) is 13.5. The lowest BCUT2D eigenvalue weighted by molar-refractivity contribution is 0.341. The molecule has 0 saturated carbocycles. The summed E-state index contributed by atoms with van der Waals surface area (Å²) in [5.41, 5.74) is 1.79. The van der Waals surface area contributed by atoms with Crippen LogP contribution in [0.15, 0.2) is 6.20 Å². The highest BCUT2D eigenvalue weighted by Crippen LogP contribution is 2.25. The predicted molar refractivity (Wildman–Crippen MR) is 72.4 cm³/mol. The largest absolute Gasteiger partial charge is 0.337 e. The summed E-state index contributed by atoms with van der Waals surface area (Å²) >= 11 is 5.34. The molecule has 0 atom stereocenters. The van der Waals surface area contributed by atoms with Crippen molar-refractivity contribution in [2.45, 2.75) is 59.9 Å². The van der Waals surface area contributed by atoms with Gasteiger partial charge in [-0.15, -0.1) is 0 Å². The Labute approximate surface area is 104 Å². The highest BCUT2D eigenvalue weighted by molar-refractivity contribution is 7.71. The maximum absolute atomic E-state index is 5.34. The molecular weight excluding hydrogens is 216 g/mol. The molecule has 16 heavy (non-hydrogen) atoms. The number of hydrogen-bond acceptors (Lipinski definition) is 1. The van der Waals surface area contributed by atoms with Gasteiger partial charge in [0.05, 0.1) is 0 Å². The van der Waals surface area contributed by atoms with Crippen LogP contribution in [-0.2, 0) is 12.0 Å². The fourth-order valence-electron chi connectivity index (χ4n) is 1.69. The summed E-state index contributed by atoms with van der Waals surface area (Å²) in [6.45, 7) is 14.5. The van der Waals surface area contributed by atoms with Gasteiger partial charge in [0.15, 0.2) is 4.77 Å². The number of aromatic nitrogens is 2. The fraction of sp³-hybridized carbons (Fsp3) is 0.769. The minimum atomic E-state index is 0.144. The third-order valence-electron chi connectivity index (χ3n) is 2.72. The zero-order valence-electron chi connectivity index (χ0n) is 11.3. The van der Waals surface area contributed by atoms with E-state index in [-0.39, 0.29) is 5.41 Å². The maximum Gasteiger partial charge on any atom is 0.177 e. The minimum absolute atomic E-state index is 0.144. The Morgan fingerprint density at radius 1 is 1.19 bits per heavy atom. The van der Waals surface area contributed by atoms with Crippen molar-refractivity contribution >= 4 is 12.2 Å². The topological polar surface area (TPSA) is 20.7 Å². The van der Waals surface area contributed by atoms with E-state index in [1.165, 1.54) is 5.69 Å². The van der Waals surface area contributed by atoms with E-state index >= 15 is 0 Å². The molecule has 0 unspecified atom stereocenters. The van der Waals surface area contributed by atoms with E-state index in [1.54, 1.807) is 0 Å². The zero-order valence-corrected chi connectivity index (χ0v) is 12.2. The molecule has 0 aromatic carbocycles. The van der Waals surface area contributed by atoms with Crippen LogP contribution in [0.4, 0.5) is 0 Å². The smallest absolute Gasteiger partial charge is 0.177 e. The standard InChI is InChI=1S/C13H24N2S/c1-12(2,3)7-8-15-10(13(4,5)6)9-14-11(15)16/h9H,7-8H2,1-6H3,(H,14,16). The lowest BCUT2D eigenvalue weighted by Crippen LogP contribution is -2.19. The van der Waals surface area contributed by atoms with Crippen LogP contribution in [-0.4, -0.2) is 9.55 Å². The molecule has 0 aliphatic rings. The van der Waals surface area contributed by atoms with Crippen molar-refractivity contribution in [3.63, 3.8) is 0 Å². The van der Waals surface area contributed by atoms with Gasteiger partial charge >= 0.3 is 0 Å². The van der Waals surface area contributed by atoms with E-state index < -0.39 is 0 Å². The molecule has 1 heterocycles. The van der Waals surface area contributed by atoms with Crippen molar-refractivity contribution in [3.05, 3.63) is 16.7 Å². The van der Waals surface area contributed by atoms with E-state index in [4.69, 9.17) is 12.2 Å². The average Bonchev–Trinajstić information content (AvgIpc) is 2.41. The van der Waals surface area contributed by atoms with Gasteiger partial charge in [-0.05, 0) is 24.1 Å². The second-order valence-electron chi connectivity index (χ2n) is 6.69. The maximum atomic E-state index is 5.34. The van der Waals surface area contributed by atoms with E-state index in [2.05, 4.69) is 51.1 Å². The van der Waals surface area contributed by atoms with Crippen LogP contribution < -0.4 is 0 Å². The number of hydrogen-bond donors (Lipinski definition) is 1. The minimum Gasteiger partial charge on any atom is -0.337 e. The Bertz CT molecular complexity index is 399. The number of nitrogens with one attached hydrogen (secondary N) is 1. The first-order chi connectivity index (χ1) is 7.11. The summed E-state index contributed by atoms with van der Waals surface area (Å²) in [7, 11) is 0. The Morgan fingerprint density at radius 3 is 2.19 bits per heavy atom. The Balaban J connectivity index is 2.96. The van der Waals surface area contributed by atoms with Crippen LogP contribution in [0.2, 0.25) is 0 Å². The molecule has 2 nitrogen and oxygen atoms in total. The summed E-state index contributed by atoms with van der Waals surface area (Å²) in [6.07, 6.45) is 3.19. The summed E-state index contributed by atoms with van der Waals surface area (Å²) in [5.74, 6) is 0. The molecule has 1 N–H and O–H groups in total. The van der Waals surface area contributed by atoms with Crippen molar-refractivity contribution < 1.29 is 0 Å². The van der Waals surface area contributed by atoms with Crippen LogP contribution in [0.1, 0.15) is 53.7 Å². The van der Waals surface area contributed by atoms with Gasteiger partial charge in [0, 0.05) is 23.9 Å². The van der Waals surface area contributed by atoms with Gasteiger partial charge in [0.25, 0.3) is 0 Å². The second kappa shape index (κ2) is 4.36. The normalized spacial score (nSPS) is 13.1. The highest BCUT2D eigenvalue weighted by atomic mass is 32.1. The van der Waals surface area contributed by atoms with Crippen LogP contribution >= 0.6 is 12.2 Å². The molecule has 0 bridgehead atoms. The van der Waals surface area contributed by atoms with Gasteiger partial charge in [-0.3, -0.25) is 0 Å².